The molecule has 7 nitrogen and oxygen atoms in total. The number of nitrogens with one attached hydrogen (secondary N) is 1. The van der Waals surface area contributed by atoms with Crippen LogP contribution in [-0.2, 0) is 10.0 Å². The molecule has 1 heterocycles. The van der Waals surface area contributed by atoms with Crippen molar-refractivity contribution < 1.29 is 13.3 Å². The molecule has 0 amide bonds. The summed E-state index contributed by atoms with van der Waals surface area (Å²) in [5, 5.41) is 12.8. The van der Waals surface area contributed by atoms with Crippen LogP contribution in [0.5, 0.6) is 0 Å². The summed E-state index contributed by atoms with van der Waals surface area (Å²) in [7, 11) is -3.76. The SMILES string of the molecule is O=[N+]([O-])c1cccc(-c2csc(NS(=O)(=O)c3ccc(C4CCCCC4)cc3)n2)c1. The summed E-state index contributed by atoms with van der Waals surface area (Å²) in [6, 6.07) is 13.2. The molecule has 9 heteroatoms. The molecule has 0 radical (unpaired) electrons. The second kappa shape index (κ2) is 8.53. The van der Waals surface area contributed by atoms with Crippen LogP contribution in [0.2, 0.25) is 0 Å². The van der Waals surface area contributed by atoms with Crippen molar-refractivity contribution in [2.45, 2.75) is 42.9 Å². The highest BCUT2D eigenvalue weighted by molar-refractivity contribution is 7.93. The van der Waals surface area contributed by atoms with E-state index in [9.17, 15) is 18.5 Å². The van der Waals surface area contributed by atoms with Gasteiger partial charge in [0.05, 0.1) is 15.5 Å². The highest BCUT2D eigenvalue weighted by atomic mass is 32.2. The number of nitrogens with zero attached hydrogens (tertiary/aromatic N) is 2. The van der Waals surface area contributed by atoms with Gasteiger partial charge in [0, 0.05) is 23.1 Å². The zero-order valence-corrected chi connectivity index (χ0v) is 17.8. The topological polar surface area (TPSA) is 102 Å². The molecule has 3 aromatic rings. The molecule has 0 saturated heterocycles. The Morgan fingerprint density at radius 2 is 1.80 bits per heavy atom. The van der Waals surface area contributed by atoms with Crippen LogP contribution in [0.3, 0.4) is 0 Å². The summed E-state index contributed by atoms with van der Waals surface area (Å²) in [4.78, 5) is 15.0. The smallest absolute Gasteiger partial charge is 0.258 e. The first-order valence-electron chi connectivity index (χ1n) is 9.75. The maximum atomic E-state index is 12.7. The van der Waals surface area contributed by atoms with E-state index >= 15 is 0 Å². The van der Waals surface area contributed by atoms with Crippen LogP contribution in [-0.4, -0.2) is 18.3 Å². The van der Waals surface area contributed by atoms with Crippen molar-refractivity contribution in [2.75, 3.05) is 4.72 Å². The summed E-state index contributed by atoms with van der Waals surface area (Å²) in [6.45, 7) is 0. The van der Waals surface area contributed by atoms with E-state index < -0.39 is 14.9 Å². The first kappa shape index (κ1) is 20.5. The van der Waals surface area contributed by atoms with E-state index in [0.29, 0.717) is 17.2 Å². The standard InChI is InChI=1S/C21H21N3O4S2/c25-24(26)18-8-4-7-17(13-18)20-14-29-21(22-20)23-30(27,28)19-11-9-16(10-12-19)15-5-2-1-3-6-15/h4,7-15H,1-3,5-6H2,(H,22,23). The quantitative estimate of drug-likeness (QED) is 0.396. The minimum Gasteiger partial charge on any atom is -0.258 e. The Morgan fingerprint density at radius 3 is 2.50 bits per heavy atom. The van der Waals surface area contributed by atoms with Gasteiger partial charge >= 0.3 is 0 Å². The number of thiazole rings is 1. The van der Waals surface area contributed by atoms with E-state index in [1.807, 2.05) is 12.1 Å². The molecule has 1 saturated carbocycles. The number of hydrogen-bond donors (Lipinski definition) is 1. The van der Waals surface area contributed by atoms with Crippen molar-refractivity contribution in [2.24, 2.45) is 0 Å². The van der Waals surface area contributed by atoms with Gasteiger partial charge in [-0.15, -0.1) is 11.3 Å². The zero-order chi connectivity index (χ0) is 21.1. The fraction of sp³-hybridized carbons (Fsp3) is 0.286. The summed E-state index contributed by atoms with van der Waals surface area (Å²) >= 11 is 1.13. The van der Waals surface area contributed by atoms with Gasteiger partial charge in [-0.25, -0.2) is 13.4 Å². The molecular weight excluding hydrogens is 422 g/mol. The Morgan fingerprint density at radius 1 is 1.07 bits per heavy atom. The van der Waals surface area contributed by atoms with Crippen LogP contribution in [0.4, 0.5) is 10.8 Å². The maximum Gasteiger partial charge on any atom is 0.270 e. The molecule has 0 aliphatic heterocycles. The number of rotatable bonds is 6. The monoisotopic (exact) mass is 443 g/mol. The second-order valence-corrected chi connectivity index (χ2v) is 9.90. The summed E-state index contributed by atoms with van der Waals surface area (Å²) in [5.74, 6) is 0.514. The van der Waals surface area contributed by atoms with E-state index in [-0.39, 0.29) is 15.7 Å². The first-order valence-corrected chi connectivity index (χ1v) is 12.1. The number of non-ortho nitro benzene ring substituents is 1. The Hall–Kier alpha value is -2.78. The molecule has 4 rings (SSSR count). The molecular formula is C21H21N3O4S2. The molecule has 156 valence electrons. The Labute approximate surface area is 179 Å². The summed E-state index contributed by atoms with van der Waals surface area (Å²) < 4.78 is 28.0. The summed E-state index contributed by atoms with van der Waals surface area (Å²) in [6.07, 6.45) is 6.04. The number of sulfonamides is 1. The lowest BCUT2D eigenvalue weighted by atomic mass is 9.84. The van der Waals surface area contributed by atoms with Crippen molar-refractivity contribution >= 4 is 32.2 Å². The molecule has 1 aliphatic rings. The zero-order valence-electron chi connectivity index (χ0n) is 16.2. The van der Waals surface area contributed by atoms with Gasteiger partial charge in [-0.1, -0.05) is 43.5 Å². The van der Waals surface area contributed by atoms with Gasteiger partial charge in [-0.05, 0) is 36.5 Å². The van der Waals surface area contributed by atoms with Gasteiger partial charge in [-0.3, -0.25) is 14.8 Å². The van der Waals surface area contributed by atoms with Gasteiger partial charge in [0.15, 0.2) is 5.13 Å². The van der Waals surface area contributed by atoms with Crippen LogP contribution >= 0.6 is 11.3 Å². The fourth-order valence-electron chi connectivity index (χ4n) is 3.76. The summed E-state index contributed by atoms with van der Waals surface area (Å²) in [5.41, 5.74) is 2.19. The van der Waals surface area contributed by atoms with Crippen molar-refractivity contribution in [3.05, 3.63) is 69.6 Å². The molecule has 2 aromatic carbocycles. The van der Waals surface area contributed by atoms with E-state index in [1.165, 1.54) is 37.0 Å². The minimum atomic E-state index is -3.76. The highest BCUT2D eigenvalue weighted by Gasteiger charge is 2.19. The molecule has 0 unspecified atom stereocenters. The molecule has 1 aliphatic carbocycles. The lowest BCUT2D eigenvalue weighted by molar-refractivity contribution is -0.384. The largest absolute Gasteiger partial charge is 0.270 e. The van der Waals surface area contributed by atoms with Gasteiger partial charge in [0.1, 0.15) is 0 Å². The average Bonchev–Trinajstić information content (AvgIpc) is 3.22. The van der Waals surface area contributed by atoms with Gasteiger partial charge in [0.2, 0.25) is 0 Å². The first-order chi connectivity index (χ1) is 14.4. The third kappa shape index (κ3) is 4.52. The fourth-order valence-corrected chi connectivity index (χ4v) is 5.73. The van der Waals surface area contributed by atoms with Gasteiger partial charge in [-0.2, -0.15) is 0 Å². The Balaban J connectivity index is 1.50. The predicted octanol–water partition coefficient (Wildman–Crippen LogP) is 5.57. The molecule has 0 spiro atoms. The molecule has 0 bridgehead atoms. The number of nitro groups is 1. The van der Waals surface area contributed by atoms with E-state index in [4.69, 9.17) is 0 Å². The lowest BCUT2D eigenvalue weighted by Crippen LogP contribution is -2.13. The third-order valence-corrected chi connectivity index (χ3v) is 7.59. The van der Waals surface area contributed by atoms with Crippen molar-refractivity contribution in [3.8, 4) is 11.3 Å². The predicted molar refractivity (Wildman–Crippen MR) is 117 cm³/mol. The van der Waals surface area contributed by atoms with E-state index in [1.54, 1.807) is 29.6 Å². The average molecular weight is 444 g/mol. The van der Waals surface area contributed by atoms with Gasteiger partial charge in [0.25, 0.3) is 15.7 Å². The van der Waals surface area contributed by atoms with Crippen molar-refractivity contribution in [1.29, 1.82) is 0 Å². The number of hydrogen-bond acceptors (Lipinski definition) is 6. The van der Waals surface area contributed by atoms with Crippen LogP contribution < -0.4 is 4.72 Å². The minimum absolute atomic E-state index is 0.0410. The molecule has 0 atom stereocenters. The molecule has 30 heavy (non-hydrogen) atoms. The van der Waals surface area contributed by atoms with Crippen LogP contribution in [0.1, 0.15) is 43.6 Å². The Kier molecular flexibility index (Phi) is 5.83. The number of anilines is 1. The molecule has 1 aromatic heterocycles. The Bertz CT molecular complexity index is 1150. The van der Waals surface area contributed by atoms with E-state index in [0.717, 1.165) is 24.2 Å². The number of nitro benzene ring substituents is 1. The van der Waals surface area contributed by atoms with Crippen LogP contribution in [0.25, 0.3) is 11.3 Å². The van der Waals surface area contributed by atoms with E-state index in [2.05, 4.69) is 9.71 Å². The lowest BCUT2D eigenvalue weighted by Gasteiger charge is -2.22. The van der Waals surface area contributed by atoms with Crippen LogP contribution in [0, 0.1) is 10.1 Å². The molecule has 1 fully saturated rings. The molecule has 1 N–H and O–H groups in total. The second-order valence-electron chi connectivity index (χ2n) is 7.35. The van der Waals surface area contributed by atoms with Gasteiger partial charge < -0.3 is 0 Å². The van der Waals surface area contributed by atoms with Crippen molar-refractivity contribution in [1.82, 2.24) is 4.98 Å². The third-order valence-electron chi connectivity index (χ3n) is 5.35. The number of benzene rings is 2. The highest BCUT2D eigenvalue weighted by Crippen LogP contribution is 2.33. The van der Waals surface area contributed by atoms with Crippen LogP contribution in [0.15, 0.2) is 58.8 Å². The van der Waals surface area contributed by atoms with Crippen molar-refractivity contribution in [3.63, 3.8) is 0 Å². The maximum absolute atomic E-state index is 12.7. The normalized spacial score (nSPS) is 15.1. The number of aromatic nitrogens is 1.